The average Bonchev–Trinajstić information content (AvgIpc) is 2.60. The van der Waals surface area contributed by atoms with Gasteiger partial charge in [0.25, 0.3) is 0 Å². The van der Waals surface area contributed by atoms with Gasteiger partial charge in [0.05, 0.1) is 6.21 Å². The molecule has 7 heteroatoms. The standard InChI is InChI=1S/C19H20ClN3O3/c1-13(2)22-18(24)19(25)23-21-11-15-7-3-4-9-17(15)26-12-14-6-5-8-16(20)10-14/h3-11,13H,12H2,1-2H3,(H,22,24)(H,23,25)/b21-11-. The highest BCUT2D eigenvalue weighted by molar-refractivity contribution is 6.35. The van der Waals surface area contributed by atoms with Crippen molar-refractivity contribution in [3.05, 3.63) is 64.7 Å². The van der Waals surface area contributed by atoms with E-state index in [-0.39, 0.29) is 6.04 Å². The van der Waals surface area contributed by atoms with Gasteiger partial charge < -0.3 is 10.1 Å². The molecular weight excluding hydrogens is 354 g/mol. The van der Waals surface area contributed by atoms with Gasteiger partial charge in [0.2, 0.25) is 0 Å². The molecule has 0 atom stereocenters. The zero-order valence-electron chi connectivity index (χ0n) is 14.5. The second kappa shape index (κ2) is 9.58. The van der Waals surface area contributed by atoms with Crippen molar-refractivity contribution >= 4 is 29.6 Å². The molecule has 2 N–H and O–H groups in total. The number of hydrogen-bond donors (Lipinski definition) is 2. The first-order valence-electron chi connectivity index (χ1n) is 8.06. The van der Waals surface area contributed by atoms with Crippen LogP contribution in [0.4, 0.5) is 0 Å². The minimum Gasteiger partial charge on any atom is -0.488 e. The van der Waals surface area contributed by atoms with Gasteiger partial charge in [-0.15, -0.1) is 0 Å². The Morgan fingerprint density at radius 2 is 1.92 bits per heavy atom. The summed E-state index contributed by atoms with van der Waals surface area (Å²) in [6, 6.07) is 14.5. The molecule has 136 valence electrons. The number of carbonyl (C=O) groups excluding carboxylic acids is 2. The number of hydrogen-bond acceptors (Lipinski definition) is 4. The van der Waals surface area contributed by atoms with E-state index in [9.17, 15) is 9.59 Å². The maximum Gasteiger partial charge on any atom is 0.329 e. The number of ether oxygens (including phenoxy) is 1. The van der Waals surface area contributed by atoms with Crippen LogP contribution in [0.1, 0.15) is 25.0 Å². The molecular formula is C19H20ClN3O3. The van der Waals surface area contributed by atoms with E-state index < -0.39 is 11.8 Å². The largest absolute Gasteiger partial charge is 0.488 e. The molecule has 6 nitrogen and oxygen atoms in total. The Morgan fingerprint density at radius 3 is 2.65 bits per heavy atom. The Kier molecular flexibility index (Phi) is 7.17. The summed E-state index contributed by atoms with van der Waals surface area (Å²) in [5, 5.41) is 6.94. The lowest BCUT2D eigenvalue weighted by Crippen LogP contribution is -2.41. The number of carbonyl (C=O) groups is 2. The highest BCUT2D eigenvalue weighted by atomic mass is 35.5. The Hall–Kier alpha value is -2.86. The van der Waals surface area contributed by atoms with Crippen LogP contribution in [0.5, 0.6) is 5.75 Å². The number of benzene rings is 2. The third kappa shape index (κ3) is 6.22. The van der Waals surface area contributed by atoms with Crippen molar-refractivity contribution < 1.29 is 14.3 Å². The van der Waals surface area contributed by atoms with E-state index >= 15 is 0 Å². The maximum absolute atomic E-state index is 11.6. The van der Waals surface area contributed by atoms with E-state index in [0.717, 1.165) is 5.56 Å². The van der Waals surface area contributed by atoms with Crippen LogP contribution in [0.15, 0.2) is 53.6 Å². The second-order valence-electron chi connectivity index (χ2n) is 5.78. The topological polar surface area (TPSA) is 79.8 Å². The van der Waals surface area contributed by atoms with Gasteiger partial charge in [-0.3, -0.25) is 9.59 Å². The number of nitrogens with one attached hydrogen (secondary N) is 2. The number of amides is 2. The SMILES string of the molecule is CC(C)NC(=O)C(=O)N/N=C\c1ccccc1OCc1cccc(Cl)c1. The lowest BCUT2D eigenvalue weighted by molar-refractivity contribution is -0.139. The minimum absolute atomic E-state index is 0.127. The number of rotatable bonds is 6. The number of nitrogens with zero attached hydrogens (tertiary/aromatic N) is 1. The van der Waals surface area contributed by atoms with Crippen molar-refractivity contribution in [3.63, 3.8) is 0 Å². The summed E-state index contributed by atoms with van der Waals surface area (Å²) in [7, 11) is 0. The third-order valence-electron chi connectivity index (χ3n) is 3.20. The normalized spacial score (nSPS) is 10.8. The van der Waals surface area contributed by atoms with Crippen LogP contribution in [0.2, 0.25) is 5.02 Å². The quantitative estimate of drug-likeness (QED) is 0.464. The second-order valence-corrected chi connectivity index (χ2v) is 6.22. The smallest absolute Gasteiger partial charge is 0.329 e. The van der Waals surface area contributed by atoms with Gasteiger partial charge in [-0.2, -0.15) is 5.10 Å². The zero-order chi connectivity index (χ0) is 18.9. The molecule has 2 rings (SSSR count). The number of halogens is 1. The maximum atomic E-state index is 11.6. The van der Waals surface area contributed by atoms with E-state index in [1.165, 1.54) is 6.21 Å². The van der Waals surface area contributed by atoms with E-state index in [0.29, 0.717) is 22.9 Å². The molecule has 0 saturated carbocycles. The van der Waals surface area contributed by atoms with Gasteiger partial charge in [0.15, 0.2) is 0 Å². The van der Waals surface area contributed by atoms with Crippen molar-refractivity contribution in [2.24, 2.45) is 5.10 Å². The summed E-state index contributed by atoms with van der Waals surface area (Å²) >= 11 is 5.96. The van der Waals surface area contributed by atoms with E-state index in [1.54, 1.807) is 32.0 Å². The Balaban J connectivity index is 1.97. The highest BCUT2D eigenvalue weighted by Crippen LogP contribution is 2.18. The molecule has 0 unspecified atom stereocenters. The lowest BCUT2D eigenvalue weighted by Gasteiger charge is -2.09. The lowest BCUT2D eigenvalue weighted by atomic mass is 10.2. The van der Waals surface area contributed by atoms with Crippen molar-refractivity contribution in [2.45, 2.75) is 26.5 Å². The van der Waals surface area contributed by atoms with Crippen LogP contribution < -0.4 is 15.5 Å². The molecule has 0 radical (unpaired) electrons. The summed E-state index contributed by atoms with van der Waals surface area (Å²) in [5.41, 5.74) is 3.79. The van der Waals surface area contributed by atoms with E-state index in [1.807, 2.05) is 30.3 Å². The van der Waals surface area contributed by atoms with Crippen LogP contribution in [0.25, 0.3) is 0 Å². The van der Waals surface area contributed by atoms with Gasteiger partial charge in [0, 0.05) is 16.6 Å². The molecule has 2 aromatic rings. The minimum atomic E-state index is -0.827. The molecule has 0 aromatic heterocycles. The number of para-hydroxylation sites is 1. The molecule has 2 aromatic carbocycles. The summed E-state index contributed by atoms with van der Waals surface area (Å²) in [6.45, 7) is 3.87. The highest BCUT2D eigenvalue weighted by Gasteiger charge is 2.13. The first kappa shape index (κ1) is 19.5. The summed E-state index contributed by atoms with van der Waals surface area (Å²) in [6.07, 6.45) is 1.42. The van der Waals surface area contributed by atoms with Crippen molar-refractivity contribution in [2.75, 3.05) is 0 Å². The predicted molar refractivity (Wildman–Crippen MR) is 101 cm³/mol. The summed E-state index contributed by atoms with van der Waals surface area (Å²) in [4.78, 5) is 23.1. The van der Waals surface area contributed by atoms with Crippen molar-refractivity contribution in [1.29, 1.82) is 0 Å². The fraction of sp³-hybridized carbons (Fsp3) is 0.211. The third-order valence-corrected chi connectivity index (χ3v) is 3.43. The van der Waals surface area contributed by atoms with Crippen LogP contribution in [0, 0.1) is 0 Å². The molecule has 0 aliphatic heterocycles. The first-order valence-corrected chi connectivity index (χ1v) is 8.43. The first-order chi connectivity index (χ1) is 12.5. The Labute approximate surface area is 157 Å². The van der Waals surface area contributed by atoms with Crippen LogP contribution in [0.3, 0.4) is 0 Å². The van der Waals surface area contributed by atoms with Crippen molar-refractivity contribution in [3.8, 4) is 5.75 Å². The zero-order valence-corrected chi connectivity index (χ0v) is 15.3. The molecule has 0 bridgehead atoms. The van der Waals surface area contributed by atoms with Gasteiger partial charge in [-0.25, -0.2) is 5.43 Å². The molecule has 2 amide bonds. The van der Waals surface area contributed by atoms with Crippen LogP contribution >= 0.6 is 11.6 Å². The van der Waals surface area contributed by atoms with E-state index in [2.05, 4.69) is 15.8 Å². The Morgan fingerprint density at radius 1 is 1.15 bits per heavy atom. The van der Waals surface area contributed by atoms with Gasteiger partial charge in [-0.1, -0.05) is 35.9 Å². The molecule has 0 heterocycles. The monoisotopic (exact) mass is 373 g/mol. The van der Waals surface area contributed by atoms with E-state index in [4.69, 9.17) is 16.3 Å². The Bertz CT molecular complexity index is 806. The molecule has 0 aliphatic carbocycles. The predicted octanol–water partition coefficient (Wildman–Crippen LogP) is 2.89. The van der Waals surface area contributed by atoms with Gasteiger partial charge in [-0.05, 0) is 43.7 Å². The molecule has 26 heavy (non-hydrogen) atoms. The summed E-state index contributed by atoms with van der Waals surface area (Å²) < 4.78 is 5.79. The fourth-order valence-electron chi connectivity index (χ4n) is 2.05. The van der Waals surface area contributed by atoms with Crippen molar-refractivity contribution in [1.82, 2.24) is 10.7 Å². The van der Waals surface area contributed by atoms with Gasteiger partial charge in [0.1, 0.15) is 12.4 Å². The summed E-state index contributed by atoms with van der Waals surface area (Å²) in [5.74, 6) is -0.966. The van der Waals surface area contributed by atoms with Crippen LogP contribution in [-0.2, 0) is 16.2 Å². The molecule has 0 spiro atoms. The molecule has 0 fully saturated rings. The molecule has 0 aliphatic rings. The fourth-order valence-corrected chi connectivity index (χ4v) is 2.26. The van der Waals surface area contributed by atoms with Crippen LogP contribution in [-0.4, -0.2) is 24.1 Å². The average molecular weight is 374 g/mol. The molecule has 0 saturated heterocycles. The van der Waals surface area contributed by atoms with Gasteiger partial charge >= 0.3 is 11.8 Å². The number of hydrazone groups is 1.